The summed E-state index contributed by atoms with van der Waals surface area (Å²) in [5.41, 5.74) is 1.27. The lowest BCUT2D eigenvalue weighted by molar-refractivity contribution is -0.139. The number of carbonyl (C=O) groups is 1. The Morgan fingerprint density at radius 2 is 1.95 bits per heavy atom. The summed E-state index contributed by atoms with van der Waals surface area (Å²) >= 11 is 0. The lowest BCUT2D eigenvalue weighted by atomic mass is 9.84. The van der Waals surface area contributed by atoms with Crippen molar-refractivity contribution in [1.29, 1.82) is 0 Å². The molecule has 3 nitrogen and oxygen atoms in total. The van der Waals surface area contributed by atoms with E-state index in [-0.39, 0.29) is 11.8 Å². The van der Waals surface area contributed by atoms with Gasteiger partial charge in [0.2, 0.25) is 5.91 Å². The molecule has 0 atom stereocenters. The number of rotatable bonds is 6. The lowest BCUT2D eigenvalue weighted by Crippen LogP contribution is -2.39. The van der Waals surface area contributed by atoms with Gasteiger partial charge in [-0.1, -0.05) is 36.8 Å². The van der Waals surface area contributed by atoms with Crippen molar-refractivity contribution in [3.05, 3.63) is 60.1 Å². The average molecular weight is 283 g/mol. The van der Waals surface area contributed by atoms with Crippen LogP contribution in [0.25, 0.3) is 0 Å². The van der Waals surface area contributed by atoms with E-state index in [1.54, 1.807) is 6.26 Å². The molecule has 0 aliphatic heterocycles. The minimum Gasteiger partial charge on any atom is -0.467 e. The highest BCUT2D eigenvalue weighted by atomic mass is 16.3. The van der Waals surface area contributed by atoms with Crippen molar-refractivity contribution in [2.45, 2.75) is 32.2 Å². The minimum absolute atomic E-state index is 0.232. The highest BCUT2D eigenvalue weighted by Crippen LogP contribution is 2.29. The van der Waals surface area contributed by atoms with E-state index in [1.165, 1.54) is 12.0 Å². The van der Waals surface area contributed by atoms with E-state index in [2.05, 4.69) is 12.1 Å². The summed E-state index contributed by atoms with van der Waals surface area (Å²) in [6.45, 7) is 1.33. The van der Waals surface area contributed by atoms with Crippen molar-refractivity contribution in [2.24, 2.45) is 5.92 Å². The maximum absolute atomic E-state index is 12.6. The fraction of sp³-hybridized carbons (Fsp3) is 0.389. The summed E-state index contributed by atoms with van der Waals surface area (Å²) < 4.78 is 5.40. The Bertz CT molecular complexity index is 558. The Balaban J connectivity index is 1.64. The second-order valence-electron chi connectivity index (χ2n) is 5.70. The molecule has 110 valence electrons. The molecule has 1 aliphatic carbocycles. The molecule has 2 aromatic rings. The second kappa shape index (κ2) is 6.61. The number of nitrogens with zero attached hydrogens (tertiary/aromatic N) is 1. The third-order valence-corrected chi connectivity index (χ3v) is 4.21. The van der Waals surface area contributed by atoms with Crippen LogP contribution in [0.5, 0.6) is 0 Å². The molecule has 0 spiro atoms. The SMILES string of the molecule is O=C(C1CCC1)N(CCc1ccccc1)Cc1ccco1. The molecule has 1 heterocycles. The molecule has 1 aromatic heterocycles. The highest BCUT2D eigenvalue weighted by Gasteiger charge is 2.29. The smallest absolute Gasteiger partial charge is 0.226 e. The predicted octanol–water partition coefficient (Wildman–Crippen LogP) is 3.65. The van der Waals surface area contributed by atoms with Gasteiger partial charge in [0.25, 0.3) is 0 Å². The summed E-state index contributed by atoms with van der Waals surface area (Å²) in [7, 11) is 0. The van der Waals surface area contributed by atoms with Crippen LogP contribution < -0.4 is 0 Å². The summed E-state index contributed by atoms with van der Waals surface area (Å²) in [5, 5.41) is 0. The predicted molar refractivity (Wildman–Crippen MR) is 81.6 cm³/mol. The van der Waals surface area contributed by atoms with Gasteiger partial charge in [0.15, 0.2) is 0 Å². The molecule has 0 radical (unpaired) electrons. The van der Waals surface area contributed by atoms with Gasteiger partial charge in [0.05, 0.1) is 12.8 Å². The summed E-state index contributed by atoms with van der Waals surface area (Å²) in [6, 6.07) is 14.1. The molecule has 0 saturated heterocycles. The number of amides is 1. The first-order valence-electron chi connectivity index (χ1n) is 7.68. The van der Waals surface area contributed by atoms with Crippen molar-refractivity contribution in [1.82, 2.24) is 4.90 Å². The van der Waals surface area contributed by atoms with Crippen molar-refractivity contribution in [2.75, 3.05) is 6.54 Å². The molecule has 21 heavy (non-hydrogen) atoms. The van der Waals surface area contributed by atoms with Crippen LogP contribution in [0, 0.1) is 5.92 Å². The van der Waals surface area contributed by atoms with Gasteiger partial charge >= 0.3 is 0 Å². The van der Waals surface area contributed by atoms with Gasteiger partial charge in [-0.3, -0.25) is 4.79 Å². The van der Waals surface area contributed by atoms with Crippen LogP contribution in [0.3, 0.4) is 0 Å². The zero-order chi connectivity index (χ0) is 14.5. The van der Waals surface area contributed by atoms with Gasteiger partial charge in [-0.25, -0.2) is 0 Å². The van der Waals surface area contributed by atoms with Crippen molar-refractivity contribution < 1.29 is 9.21 Å². The third-order valence-electron chi connectivity index (χ3n) is 4.21. The molecule has 1 aliphatic rings. The Labute approximate surface area is 125 Å². The Morgan fingerprint density at radius 3 is 2.57 bits per heavy atom. The van der Waals surface area contributed by atoms with Gasteiger partial charge in [0, 0.05) is 12.5 Å². The number of furan rings is 1. The monoisotopic (exact) mass is 283 g/mol. The number of hydrogen-bond acceptors (Lipinski definition) is 2. The van der Waals surface area contributed by atoms with E-state index in [1.807, 2.05) is 35.2 Å². The van der Waals surface area contributed by atoms with Crippen LogP contribution in [0.2, 0.25) is 0 Å². The highest BCUT2D eigenvalue weighted by molar-refractivity contribution is 5.79. The van der Waals surface area contributed by atoms with E-state index in [9.17, 15) is 4.79 Å². The standard InChI is InChI=1S/C18H21NO2/c20-18(16-8-4-9-16)19(14-17-10-5-13-21-17)12-11-15-6-2-1-3-7-15/h1-3,5-7,10,13,16H,4,8-9,11-12,14H2. The van der Waals surface area contributed by atoms with Gasteiger partial charge in [-0.05, 0) is 37.0 Å². The molecule has 1 aromatic carbocycles. The second-order valence-corrected chi connectivity index (χ2v) is 5.70. The van der Waals surface area contributed by atoms with Gasteiger partial charge in [-0.15, -0.1) is 0 Å². The quantitative estimate of drug-likeness (QED) is 0.810. The van der Waals surface area contributed by atoms with Crippen LogP contribution in [-0.4, -0.2) is 17.4 Å². The fourth-order valence-corrected chi connectivity index (χ4v) is 2.68. The number of carbonyl (C=O) groups excluding carboxylic acids is 1. The first-order chi connectivity index (χ1) is 10.3. The van der Waals surface area contributed by atoms with E-state index >= 15 is 0 Å². The largest absolute Gasteiger partial charge is 0.467 e. The van der Waals surface area contributed by atoms with Crippen LogP contribution in [0.1, 0.15) is 30.6 Å². The lowest BCUT2D eigenvalue weighted by Gasteiger charge is -2.31. The van der Waals surface area contributed by atoms with Crippen LogP contribution in [0.15, 0.2) is 53.1 Å². The molecule has 1 saturated carbocycles. The first kappa shape index (κ1) is 13.9. The van der Waals surface area contributed by atoms with Crippen LogP contribution in [-0.2, 0) is 17.8 Å². The van der Waals surface area contributed by atoms with E-state index in [4.69, 9.17) is 4.42 Å². The molecular formula is C18H21NO2. The van der Waals surface area contributed by atoms with Crippen molar-refractivity contribution in [3.8, 4) is 0 Å². The molecule has 3 rings (SSSR count). The topological polar surface area (TPSA) is 33.5 Å². The zero-order valence-corrected chi connectivity index (χ0v) is 12.2. The summed E-state index contributed by atoms with van der Waals surface area (Å²) in [4.78, 5) is 14.5. The van der Waals surface area contributed by atoms with E-state index in [0.717, 1.165) is 31.6 Å². The maximum atomic E-state index is 12.6. The van der Waals surface area contributed by atoms with E-state index in [0.29, 0.717) is 6.54 Å². The van der Waals surface area contributed by atoms with Crippen molar-refractivity contribution >= 4 is 5.91 Å². The molecule has 1 fully saturated rings. The average Bonchev–Trinajstić information content (AvgIpc) is 2.95. The Hall–Kier alpha value is -2.03. The van der Waals surface area contributed by atoms with Crippen LogP contribution >= 0.6 is 0 Å². The molecule has 0 bridgehead atoms. The third kappa shape index (κ3) is 3.54. The van der Waals surface area contributed by atoms with Gasteiger partial charge in [0.1, 0.15) is 5.76 Å². The Morgan fingerprint density at radius 1 is 1.14 bits per heavy atom. The summed E-state index contributed by atoms with van der Waals surface area (Å²) in [6.07, 6.45) is 5.82. The normalized spacial score (nSPS) is 14.7. The molecule has 0 N–H and O–H groups in total. The molecule has 0 unspecified atom stereocenters. The van der Waals surface area contributed by atoms with Gasteiger partial charge < -0.3 is 9.32 Å². The zero-order valence-electron chi connectivity index (χ0n) is 12.2. The molecule has 1 amide bonds. The molecule has 3 heteroatoms. The van der Waals surface area contributed by atoms with E-state index < -0.39 is 0 Å². The Kier molecular flexibility index (Phi) is 4.39. The van der Waals surface area contributed by atoms with Crippen molar-refractivity contribution in [3.63, 3.8) is 0 Å². The van der Waals surface area contributed by atoms with Gasteiger partial charge in [-0.2, -0.15) is 0 Å². The maximum Gasteiger partial charge on any atom is 0.226 e. The molecular weight excluding hydrogens is 262 g/mol. The fourth-order valence-electron chi connectivity index (χ4n) is 2.68. The summed E-state index contributed by atoms with van der Waals surface area (Å²) in [5.74, 6) is 1.38. The minimum atomic E-state index is 0.232. The number of benzene rings is 1. The first-order valence-corrected chi connectivity index (χ1v) is 7.68. The van der Waals surface area contributed by atoms with Crippen LogP contribution in [0.4, 0.5) is 0 Å². The number of hydrogen-bond donors (Lipinski definition) is 0.